The molecule has 0 aliphatic rings. The molecule has 0 fully saturated rings. The molecular formula is C14H29N3O2. The van der Waals surface area contributed by atoms with E-state index < -0.39 is 5.41 Å². The number of hydrogen-bond acceptors (Lipinski definition) is 3. The normalized spacial score (nSPS) is 16.9. The van der Waals surface area contributed by atoms with Crippen LogP contribution in [-0.2, 0) is 4.79 Å². The molecule has 0 aliphatic carbocycles. The van der Waals surface area contributed by atoms with Gasteiger partial charge in [0.2, 0.25) is 5.91 Å². The third-order valence-corrected chi connectivity index (χ3v) is 3.31. The number of nitrogens with zero attached hydrogens (tertiary/aromatic N) is 1. The molecule has 1 amide bonds. The summed E-state index contributed by atoms with van der Waals surface area (Å²) in [5, 5.41) is 14.8. The Kier molecular flexibility index (Phi) is 5.42. The molecule has 0 saturated carbocycles. The van der Waals surface area contributed by atoms with Crippen LogP contribution < -0.4 is 11.1 Å². The van der Waals surface area contributed by atoms with Crippen LogP contribution in [0.2, 0.25) is 0 Å². The number of rotatable bonds is 5. The molecular weight excluding hydrogens is 242 g/mol. The van der Waals surface area contributed by atoms with Gasteiger partial charge in [0, 0.05) is 5.54 Å². The molecule has 5 heteroatoms. The van der Waals surface area contributed by atoms with Crippen molar-refractivity contribution >= 4 is 11.7 Å². The first kappa shape index (κ1) is 17.7. The van der Waals surface area contributed by atoms with Gasteiger partial charge in [-0.15, -0.1) is 0 Å². The lowest BCUT2D eigenvalue weighted by atomic mass is 9.79. The van der Waals surface area contributed by atoms with Crippen LogP contribution >= 0.6 is 0 Å². The standard InChI is InChI=1S/C14H29N3O2/c1-8-14(7,10(15)17-19)11(18)16-13(5,6)9-12(2,3)4/h19H,8-9H2,1-7H3,(H2,15,17)(H,16,18). The molecule has 5 nitrogen and oxygen atoms in total. The van der Waals surface area contributed by atoms with E-state index in [4.69, 9.17) is 10.9 Å². The molecule has 0 bridgehead atoms. The van der Waals surface area contributed by atoms with Gasteiger partial charge in [0.05, 0.1) is 0 Å². The Hall–Kier alpha value is -1.26. The van der Waals surface area contributed by atoms with E-state index in [1.807, 2.05) is 20.8 Å². The molecule has 0 aliphatic heterocycles. The first-order chi connectivity index (χ1) is 8.38. The summed E-state index contributed by atoms with van der Waals surface area (Å²) in [6.45, 7) is 13.9. The fourth-order valence-corrected chi connectivity index (χ4v) is 2.38. The van der Waals surface area contributed by atoms with Gasteiger partial charge in [-0.05, 0) is 39.0 Å². The number of oxime groups is 1. The van der Waals surface area contributed by atoms with Crippen molar-refractivity contribution in [3.8, 4) is 0 Å². The molecule has 1 atom stereocenters. The van der Waals surface area contributed by atoms with Crippen molar-refractivity contribution in [2.45, 2.75) is 66.8 Å². The lowest BCUT2D eigenvalue weighted by Crippen LogP contribution is -2.54. The molecule has 0 radical (unpaired) electrons. The quantitative estimate of drug-likeness (QED) is 0.311. The molecule has 0 aromatic carbocycles. The average molecular weight is 271 g/mol. The number of nitrogens with two attached hydrogens (primary N) is 1. The van der Waals surface area contributed by atoms with E-state index in [-0.39, 0.29) is 22.7 Å². The number of hydrogen-bond donors (Lipinski definition) is 3. The summed E-state index contributed by atoms with van der Waals surface area (Å²) in [4.78, 5) is 12.4. The number of amides is 1. The Bertz CT molecular complexity index is 356. The maximum atomic E-state index is 12.4. The maximum Gasteiger partial charge on any atom is 0.234 e. The van der Waals surface area contributed by atoms with Crippen LogP contribution in [-0.4, -0.2) is 22.5 Å². The van der Waals surface area contributed by atoms with Crippen LogP contribution in [0.1, 0.15) is 61.3 Å². The van der Waals surface area contributed by atoms with Crippen molar-refractivity contribution < 1.29 is 10.0 Å². The van der Waals surface area contributed by atoms with Gasteiger partial charge >= 0.3 is 0 Å². The Balaban J connectivity index is 5.04. The molecule has 0 aromatic rings. The van der Waals surface area contributed by atoms with Gasteiger partial charge in [0.1, 0.15) is 5.41 Å². The molecule has 112 valence electrons. The second-order valence-electron chi connectivity index (χ2n) is 7.25. The van der Waals surface area contributed by atoms with Gasteiger partial charge in [0.25, 0.3) is 0 Å². The molecule has 0 spiro atoms. The first-order valence-corrected chi connectivity index (χ1v) is 6.68. The van der Waals surface area contributed by atoms with Crippen molar-refractivity contribution in [3.63, 3.8) is 0 Å². The van der Waals surface area contributed by atoms with Crippen LogP contribution in [0.5, 0.6) is 0 Å². The predicted octanol–water partition coefficient (Wildman–Crippen LogP) is 2.48. The van der Waals surface area contributed by atoms with Crippen molar-refractivity contribution in [2.75, 3.05) is 0 Å². The van der Waals surface area contributed by atoms with Crippen LogP contribution in [0, 0.1) is 10.8 Å². The van der Waals surface area contributed by atoms with E-state index in [2.05, 4.69) is 31.2 Å². The highest BCUT2D eigenvalue weighted by atomic mass is 16.4. The van der Waals surface area contributed by atoms with Gasteiger partial charge in [-0.25, -0.2) is 0 Å². The van der Waals surface area contributed by atoms with E-state index in [0.29, 0.717) is 6.42 Å². The van der Waals surface area contributed by atoms with Crippen LogP contribution in [0.4, 0.5) is 0 Å². The van der Waals surface area contributed by atoms with E-state index in [1.165, 1.54) is 0 Å². The van der Waals surface area contributed by atoms with Crippen LogP contribution in [0.15, 0.2) is 5.16 Å². The minimum absolute atomic E-state index is 0.0564. The van der Waals surface area contributed by atoms with Crippen molar-refractivity contribution in [1.29, 1.82) is 0 Å². The molecule has 19 heavy (non-hydrogen) atoms. The van der Waals surface area contributed by atoms with E-state index >= 15 is 0 Å². The number of carbonyl (C=O) groups excluding carboxylic acids is 1. The van der Waals surface area contributed by atoms with Gasteiger partial charge in [-0.2, -0.15) is 0 Å². The monoisotopic (exact) mass is 271 g/mol. The third-order valence-electron chi connectivity index (χ3n) is 3.31. The summed E-state index contributed by atoms with van der Waals surface area (Å²) < 4.78 is 0. The fraction of sp³-hybridized carbons (Fsp3) is 0.857. The predicted molar refractivity (Wildman–Crippen MR) is 78.1 cm³/mol. The van der Waals surface area contributed by atoms with Crippen molar-refractivity contribution in [2.24, 2.45) is 21.7 Å². The summed E-state index contributed by atoms with van der Waals surface area (Å²) in [6, 6.07) is 0. The van der Waals surface area contributed by atoms with Crippen LogP contribution in [0.3, 0.4) is 0 Å². The number of nitrogens with one attached hydrogen (secondary N) is 1. The Morgan fingerprint density at radius 2 is 1.68 bits per heavy atom. The minimum Gasteiger partial charge on any atom is -0.409 e. The number of amidine groups is 1. The van der Waals surface area contributed by atoms with Gasteiger partial charge < -0.3 is 16.3 Å². The molecule has 0 aromatic heterocycles. The van der Waals surface area contributed by atoms with Gasteiger partial charge in [-0.3, -0.25) is 4.79 Å². The average Bonchev–Trinajstić information content (AvgIpc) is 2.22. The molecule has 1 unspecified atom stereocenters. The summed E-state index contributed by atoms with van der Waals surface area (Å²) >= 11 is 0. The smallest absolute Gasteiger partial charge is 0.234 e. The minimum atomic E-state index is -0.982. The lowest BCUT2D eigenvalue weighted by Gasteiger charge is -2.36. The second kappa shape index (κ2) is 5.80. The van der Waals surface area contributed by atoms with Crippen LogP contribution in [0.25, 0.3) is 0 Å². The van der Waals surface area contributed by atoms with E-state index in [9.17, 15) is 4.79 Å². The fourth-order valence-electron chi connectivity index (χ4n) is 2.38. The number of carbonyl (C=O) groups is 1. The Morgan fingerprint density at radius 3 is 2.00 bits per heavy atom. The summed E-state index contributed by atoms with van der Waals surface area (Å²) in [7, 11) is 0. The topological polar surface area (TPSA) is 87.7 Å². The Labute approximate surface area is 116 Å². The largest absolute Gasteiger partial charge is 0.409 e. The van der Waals surface area contributed by atoms with E-state index in [1.54, 1.807) is 6.92 Å². The molecule has 0 rings (SSSR count). The summed E-state index contributed by atoms with van der Waals surface area (Å²) in [5.74, 6) is -0.265. The second-order valence-corrected chi connectivity index (χ2v) is 7.25. The molecule has 0 saturated heterocycles. The summed E-state index contributed by atoms with van der Waals surface area (Å²) in [6.07, 6.45) is 1.31. The third kappa shape index (κ3) is 5.09. The molecule has 4 N–H and O–H groups in total. The van der Waals surface area contributed by atoms with Crippen molar-refractivity contribution in [3.05, 3.63) is 0 Å². The highest BCUT2D eigenvalue weighted by molar-refractivity contribution is 6.06. The van der Waals surface area contributed by atoms with Gasteiger partial charge in [-0.1, -0.05) is 32.9 Å². The lowest BCUT2D eigenvalue weighted by molar-refractivity contribution is -0.129. The zero-order valence-corrected chi connectivity index (χ0v) is 13.3. The SMILES string of the molecule is CCC(C)(C(=O)NC(C)(C)CC(C)(C)C)C(N)=NO. The zero-order chi connectivity index (χ0) is 15.5. The zero-order valence-electron chi connectivity index (χ0n) is 13.3. The first-order valence-electron chi connectivity index (χ1n) is 6.68. The highest BCUT2D eigenvalue weighted by Gasteiger charge is 2.39. The highest BCUT2D eigenvalue weighted by Crippen LogP contribution is 2.29. The van der Waals surface area contributed by atoms with E-state index in [0.717, 1.165) is 6.42 Å². The maximum absolute atomic E-state index is 12.4. The Morgan fingerprint density at radius 1 is 1.21 bits per heavy atom. The summed E-state index contributed by atoms with van der Waals surface area (Å²) in [5.41, 5.74) is 4.43. The van der Waals surface area contributed by atoms with Crippen molar-refractivity contribution in [1.82, 2.24) is 5.32 Å². The van der Waals surface area contributed by atoms with Gasteiger partial charge in [0.15, 0.2) is 5.84 Å². The molecule has 0 heterocycles.